The topological polar surface area (TPSA) is 26.0 Å². The first kappa shape index (κ1) is 12.2. The van der Waals surface area contributed by atoms with Crippen molar-refractivity contribution in [1.29, 1.82) is 0 Å². The zero-order chi connectivity index (χ0) is 12.3. The molecule has 0 bridgehead atoms. The predicted molar refractivity (Wildman–Crippen MR) is 74.4 cm³/mol. The Morgan fingerprint density at radius 2 is 1.76 bits per heavy atom. The van der Waals surface area contributed by atoms with Crippen molar-refractivity contribution >= 4 is 11.6 Å². The van der Waals surface area contributed by atoms with E-state index in [1.807, 2.05) is 19.1 Å². The number of benzene rings is 2. The van der Waals surface area contributed by atoms with Crippen molar-refractivity contribution in [3.8, 4) is 11.1 Å². The van der Waals surface area contributed by atoms with Gasteiger partial charge in [0.1, 0.15) is 0 Å². The standard InChI is InChI=1S/C15H16ClN/c1-11-14(3-2-4-15(11)16)13-7-5-12(6-8-13)9-10-17/h2-8H,9-10,17H2,1H3. The van der Waals surface area contributed by atoms with E-state index in [0.29, 0.717) is 6.54 Å². The zero-order valence-corrected chi connectivity index (χ0v) is 10.7. The molecular weight excluding hydrogens is 230 g/mol. The minimum Gasteiger partial charge on any atom is -0.330 e. The van der Waals surface area contributed by atoms with Gasteiger partial charge in [0.25, 0.3) is 0 Å². The Bertz CT molecular complexity index is 503. The van der Waals surface area contributed by atoms with Gasteiger partial charge >= 0.3 is 0 Å². The van der Waals surface area contributed by atoms with Gasteiger partial charge in [-0.05, 0) is 48.2 Å². The van der Waals surface area contributed by atoms with Gasteiger partial charge in [-0.1, -0.05) is 48.0 Å². The summed E-state index contributed by atoms with van der Waals surface area (Å²) < 4.78 is 0. The number of hydrogen-bond donors (Lipinski definition) is 1. The van der Waals surface area contributed by atoms with Crippen LogP contribution in [0.2, 0.25) is 5.02 Å². The minimum atomic E-state index is 0.690. The molecule has 0 aliphatic rings. The lowest BCUT2D eigenvalue weighted by atomic mass is 9.99. The maximum Gasteiger partial charge on any atom is 0.0441 e. The normalized spacial score (nSPS) is 10.5. The van der Waals surface area contributed by atoms with Crippen LogP contribution in [0.1, 0.15) is 11.1 Å². The van der Waals surface area contributed by atoms with Crippen LogP contribution < -0.4 is 5.73 Å². The van der Waals surface area contributed by atoms with E-state index < -0.39 is 0 Å². The van der Waals surface area contributed by atoms with Crippen LogP contribution >= 0.6 is 11.6 Å². The van der Waals surface area contributed by atoms with E-state index in [2.05, 4.69) is 30.3 Å². The lowest BCUT2D eigenvalue weighted by Crippen LogP contribution is -2.02. The van der Waals surface area contributed by atoms with Crippen LogP contribution in [0.25, 0.3) is 11.1 Å². The van der Waals surface area contributed by atoms with Gasteiger partial charge < -0.3 is 5.73 Å². The Hall–Kier alpha value is -1.31. The van der Waals surface area contributed by atoms with E-state index in [1.165, 1.54) is 16.7 Å². The van der Waals surface area contributed by atoms with Crippen LogP contribution in [0.15, 0.2) is 42.5 Å². The molecule has 0 saturated heterocycles. The SMILES string of the molecule is Cc1c(Cl)cccc1-c1ccc(CCN)cc1. The quantitative estimate of drug-likeness (QED) is 0.874. The van der Waals surface area contributed by atoms with Crippen molar-refractivity contribution in [3.63, 3.8) is 0 Å². The summed E-state index contributed by atoms with van der Waals surface area (Å²) in [6.07, 6.45) is 0.925. The summed E-state index contributed by atoms with van der Waals surface area (Å²) in [6.45, 7) is 2.74. The number of hydrogen-bond acceptors (Lipinski definition) is 1. The summed E-state index contributed by atoms with van der Waals surface area (Å²) in [6, 6.07) is 14.5. The monoisotopic (exact) mass is 245 g/mol. The largest absolute Gasteiger partial charge is 0.330 e. The fourth-order valence-corrected chi connectivity index (χ4v) is 2.11. The van der Waals surface area contributed by atoms with E-state index in [1.54, 1.807) is 0 Å². The highest BCUT2D eigenvalue weighted by Gasteiger charge is 2.04. The summed E-state index contributed by atoms with van der Waals surface area (Å²) in [5.41, 5.74) is 10.3. The van der Waals surface area contributed by atoms with Crippen molar-refractivity contribution < 1.29 is 0 Å². The fourth-order valence-electron chi connectivity index (χ4n) is 1.94. The van der Waals surface area contributed by atoms with Crippen LogP contribution in [-0.4, -0.2) is 6.54 Å². The minimum absolute atomic E-state index is 0.690. The molecule has 0 unspecified atom stereocenters. The van der Waals surface area contributed by atoms with Crippen LogP contribution in [-0.2, 0) is 6.42 Å². The molecule has 0 atom stereocenters. The molecule has 2 aromatic rings. The lowest BCUT2D eigenvalue weighted by Gasteiger charge is -2.08. The molecule has 0 radical (unpaired) electrons. The van der Waals surface area contributed by atoms with E-state index in [0.717, 1.165) is 17.0 Å². The molecule has 0 aromatic heterocycles. The molecule has 0 aliphatic heterocycles. The van der Waals surface area contributed by atoms with Gasteiger partial charge in [0.2, 0.25) is 0 Å². The van der Waals surface area contributed by atoms with Crippen molar-refractivity contribution in [2.45, 2.75) is 13.3 Å². The summed E-state index contributed by atoms with van der Waals surface area (Å²) in [4.78, 5) is 0. The molecule has 0 aliphatic carbocycles. The molecule has 0 saturated carbocycles. The van der Waals surface area contributed by atoms with Crippen molar-refractivity contribution in [2.75, 3.05) is 6.54 Å². The average molecular weight is 246 g/mol. The maximum atomic E-state index is 6.13. The van der Waals surface area contributed by atoms with Gasteiger partial charge in [-0.25, -0.2) is 0 Å². The average Bonchev–Trinajstić information content (AvgIpc) is 2.34. The van der Waals surface area contributed by atoms with Crippen molar-refractivity contribution in [1.82, 2.24) is 0 Å². The van der Waals surface area contributed by atoms with Gasteiger partial charge in [-0.3, -0.25) is 0 Å². The molecule has 2 rings (SSSR count). The van der Waals surface area contributed by atoms with E-state index in [4.69, 9.17) is 17.3 Å². The molecule has 0 spiro atoms. The summed E-state index contributed by atoms with van der Waals surface area (Å²) in [5, 5.41) is 0.813. The summed E-state index contributed by atoms with van der Waals surface area (Å²) in [5.74, 6) is 0. The van der Waals surface area contributed by atoms with Crippen LogP contribution in [0.5, 0.6) is 0 Å². The van der Waals surface area contributed by atoms with Gasteiger partial charge in [-0.2, -0.15) is 0 Å². The smallest absolute Gasteiger partial charge is 0.0441 e. The first-order valence-corrected chi connectivity index (χ1v) is 6.14. The Kier molecular flexibility index (Phi) is 3.82. The van der Waals surface area contributed by atoms with E-state index >= 15 is 0 Å². The molecule has 0 fully saturated rings. The predicted octanol–water partition coefficient (Wildman–Crippen LogP) is 3.82. The molecule has 17 heavy (non-hydrogen) atoms. The Morgan fingerprint density at radius 3 is 2.41 bits per heavy atom. The second-order valence-electron chi connectivity index (χ2n) is 4.15. The molecule has 1 nitrogen and oxygen atoms in total. The second-order valence-corrected chi connectivity index (χ2v) is 4.56. The van der Waals surface area contributed by atoms with E-state index in [9.17, 15) is 0 Å². The fraction of sp³-hybridized carbons (Fsp3) is 0.200. The Morgan fingerprint density at radius 1 is 1.06 bits per heavy atom. The molecule has 0 amide bonds. The third-order valence-electron chi connectivity index (χ3n) is 2.97. The molecular formula is C15H16ClN. The van der Waals surface area contributed by atoms with Crippen LogP contribution in [0.4, 0.5) is 0 Å². The molecule has 2 N–H and O–H groups in total. The summed E-state index contributed by atoms with van der Waals surface area (Å²) >= 11 is 6.13. The van der Waals surface area contributed by atoms with Crippen LogP contribution in [0, 0.1) is 6.92 Å². The van der Waals surface area contributed by atoms with Gasteiger partial charge in [-0.15, -0.1) is 0 Å². The highest BCUT2D eigenvalue weighted by molar-refractivity contribution is 6.31. The van der Waals surface area contributed by atoms with Crippen molar-refractivity contribution in [2.24, 2.45) is 5.73 Å². The number of rotatable bonds is 3. The second kappa shape index (κ2) is 5.35. The summed E-state index contributed by atoms with van der Waals surface area (Å²) in [7, 11) is 0. The third-order valence-corrected chi connectivity index (χ3v) is 3.38. The highest BCUT2D eigenvalue weighted by Crippen LogP contribution is 2.28. The van der Waals surface area contributed by atoms with Crippen molar-refractivity contribution in [3.05, 3.63) is 58.6 Å². The van der Waals surface area contributed by atoms with Gasteiger partial charge in [0, 0.05) is 5.02 Å². The third kappa shape index (κ3) is 2.68. The lowest BCUT2D eigenvalue weighted by molar-refractivity contribution is 0.969. The first-order valence-electron chi connectivity index (χ1n) is 5.77. The zero-order valence-electron chi connectivity index (χ0n) is 9.91. The molecule has 2 heteroatoms. The molecule has 2 aromatic carbocycles. The van der Waals surface area contributed by atoms with Crippen LogP contribution in [0.3, 0.4) is 0 Å². The Labute approximate surface area is 107 Å². The first-order chi connectivity index (χ1) is 8.22. The molecule has 88 valence electrons. The highest BCUT2D eigenvalue weighted by atomic mass is 35.5. The van der Waals surface area contributed by atoms with E-state index in [-0.39, 0.29) is 0 Å². The number of nitrogens with two attached hydrogens (primary N) is 1. The maximum absolute atomic E-state index is 6.13. The van der Waals surface area contributed by atoms with Gasteiger partial charge in [0.05, 0.1) is 0 Å². The number of halogens is 1. The Balaban J connectivity index is 2.36. The molecule has 0 heterocycles. The van der Waals surface area contributed by atoms with Gasteiger partial charge in [0.15, 0.2) is 0 Å².